The summed E-state index contributed by atoms with van der Waals surface area (Å²) in [5.74, 6) is 0.363. The molecule has 0 saturated heterocycles. The van der Waals surface area contributed by atoms with Gasteiger partial charge in [0.15, 0.2) is 17.7 Å². The number of rotatable bonds is 5. The largest absolute Gasteiger partial charge is 0.479 e. The number of ketones is 1. The molecule has 4 nitrogen and oxygen atoms in total. The first-order valence-corrected chi connectivity index (χ1v) is 5.92. The van der Waals surface area contributed by atoms with E-state index >= 15 is 0 Å². The summed E-state index contributed by atoms with van der Waals surface area (Å²) in [7, 11) is 0. The molecule has 1 aromatic carbocycles. The third-order valence-corrected chi connectivity index (χ3v) is 3.10. The number of hydrogen-bond acceptors (Lipinski definition) is 4. The molecule has 0 saturated carbocycles. The molecule has 1 aliphatic heterocycles. The van der Waals surface area contributed by atoms with Gasteiger partial charge in [0, 0.05) is 6.42 Å². The fourth-order valence-corrected chi connectivity index (χ4v) is 2.16. The van der Waals surface area contributed by atoms with Crippen molar-refractivity contribution in [3.63, 3.8) is 0 Å². The minimum atomic E-state index is -1.10. The van der Waals surface area contributed by atoms with E-state index in [1.54, 1.807) is 24.3 Å². The van der Waals surface area contributed by atoms with Gasteiger partial charge < -0.3 is 9.53 Å². The van der Waals surface area contributed by atoms with Gasteiger partial charge in [0.2, 0.25) is 0 Å². The van der Waals surface area contributed by atoms with Crippen molar-refractivity contribution >= 4 is 18.4 Å². The number of benzene rings is 1. The van der Waals surface area contributed by atoms with Gasteiger partial charge in [-0.2, -0.15) is 0 Å². The fourth-order valence-electron chi connectivity index (χ4n) is 2.16. The minimum absolute atomic E-state index is 0.0480. The molecule has 0 aromatic heterocycles. The van der Waals surface area contributed by atoms with Gasteiger partial charge in [-0.1, -0.05) is 12.1 Å². The number of ether oxygens (including phenoxy) is 1. The Morgan fingerprint density at radius 1 is 1.28 bits per heavy atom. The minimum Gasteiger partial charge on any atom is -0.479 e. The van der Waals surface area contributed by atoms with Crippen LogP contribution in [0.25, 0.3) is 0 Å². The van der Waals surface area contributed by atoms with E-state index in [1.165, 1.54) is 0 Å². The molecule has 4 heteroatoms. The zero-order valence-corrected chi connectivity index (χ0v) is 9.93. The lowest BCUT2D eigenvalue weighted by atomic mass is 9.87. The molecule has 1 heterocycles. The molecule has 0 amide bonds. The summed E-state index contributed by atoms with van der Waals surface area (Å²) >= 11 is 0. The third kappa shape index (κ3) is 2.32. The van der Waals surface area contributed by atoms with E-state index in [0.717, 1.165) is 6.29 Å². The van der Waals surface area contributed by atoms with E-state index < -0.39 is 5.60 Å². The van der Waals surface area contributed by atoms with Crippen LogP contribution in [0, 0.1) is 0 Å². The Hall–Kier alpha value is -1.97. The van der Waals surface area contributed by atoms with Gasteiger partial charge in [0.1, 0.15) is 12.0 Å². The van der Waals surface area contributed by atoms with Crippen LogP contribution in [0.5, 0.6) is 5.75 Å². The fraction of sp³-hybridized carbons (Fsp3) is 0.357. The van der Waals surface area contributed by atoms with E-state index in [1.807, 2.05) is 0 Å². The van der Waals surface area contributed by atoms with Crippen molar-refractivity contribution in [1.29, 1.82) is 0 Å². The predicted octanol–water partition coefficient (Wildman–Crippen LogP) is 1.96. The van der Waals surface area contributed by atoms with E-state index in [0.29, 0.717) is 36.9 Å². The molecule has 0 spiro atoms. The van der Waals surface area contributed by atoms with E-state index in [4.69, 9.17) is 4.74 Å². The smallest absolute Gasteiger partial charge is 0.171 e. The SMILES string of the molecule is O=CCCCC1(C=O)CC(=O)c2ccccc2O1. The van der Waals surface area contributed by atoms with Crippen molar-refractivity contribution in [1.82, 2.24) is 0 Å². The molecule has 18 heavy (non-hydrogen) atoms. The average Bonchev–Trinajstić information content (AvgIpc) is 2.39. The van der Waals surface area contributed by atoms with Crippen LogP contribution in [-0.4, -0.2) is 24.0 Å². The summed E-state index contributed by atoms with van der Waals surface area (Å²) in [5.41, 5.74) is -0.584. The number of aldehydes is 2. The molecule has 0 N–H and O–H groups in total. The van der Waals surface area contributed by atoms with E-state index in [9.17, 15) is 14.4 Å². The molecule has 2 rings (SSSR count). The second-order valence-corrected chi connectivity index (χ2v) is 4.44. The summed E-state index contributed by atoms with van der Waals surface area (Å²) in [6.45, 7) is 0. The topological polar surface area (TPSA) is 60.4 Å². The van der Waals surface area contributed by atoms with Crippen LogP contribution in [0.1, 0.15) is 36.0 Å². The Balaban J connectivity index is 2.23. The number of Topliss-reactive ketones (excluding diaryl/α,β-unsaturated/α-hetero) is 1. The van der Waals surface area contributed by atoms with Gasteiger partial charge in [-0.25, -0.2) is 0 Å². The normalized spacial score (nSPS) is 21.9. The first-order chi connectivity index (χ1) is 8.71. The summed E-state index contributed by atoms with van der Waals surface area (Å²) in [5, 5.41) is 0. The Kier molecular flexibility index (Phi) is 3.55. The lowest BCUT2D eigenvalue weighted by Crippen LogP contribution is -2.43. The van der Waals surface area contributed by atoms with Crippen molar-refractivity contribution in [3.05, 3.63) is 29.8 Å². The lowest BCUT2D eigenvalue weighted by molar-refractivity contribution is -0.123. The second kappa shape index (κ2) is 5.12. The molecular formula is C14H14O4. The van der Waals surface area contributed by atoms with E-state index in [-0.39, 0.29) is 12.2 Å². The van der Waals surface area contributed by atoms with Crippen LogP contribution in [0.2, 0.25) is 0 Å². The molecular weight excluding hydrogens is 232 g/mol. The summed E-state index contributed by atoms with van der Waals surface area (Å²) in [4.78, 5) is 33.6. The molecule has 0 fully saturated rings. The Labute approximate surface area is 105 Å². The van der Waals surface area contributed by atoms with Gasteiger partial charge in [0.25, 0.3) is 0 Å². The van der Waals surface area contributed by atoms with Gasteiger partial charge >= 0.3 is 0 Å². The molecule has 1 atom stereocenters. The lowest BCUT2D eigenvalue weighted by Gasteiger charge is -2.33. The number of para-hydroxylation sites is 1. The zero-order valence-electron chi connectivity index (χ0n) is 9.93. The van der Waals surface area contributed by atoms with Crippen LogP contribution in [-0.2, 0) is 9.59 Å². The highest BCUT2D eigenvalue weighted by molar-refractivity contribution is 6.02. The molecule has 1 unspecified atom stereocenters. The van der Waals surface area contributed by atoms with Gasteiger partial charge in [-0.3, -0.25) is 9.59 Å². The molecule has 1 aromatic rings. The van der Waals surface area contributed by atoms with Crippen molar-refractivity contribution in [2.75, 3.05) is 0 Å². The summed E-state index contributed by atoms with van der Waals surface area (Å²) in [6, 6.07) is 6.90. The molecule has 0 bridgehead atoms. The summed E-state index contributed by atoms with van der Waals surface area (Å²) in [6.07, 6.45) is 2.83. The maximum atomic E-state index is 12.0. The highest BCUT2D eigenvalue weighted by atomic mass is 16.5. The van der Waals surface area contributed by atoms with Crippen LogP contribution < -0.4 is 4.74 Å². The predicted molar refractivity (Wildman–Crippen MR) is 64.7 cm³/mol. The van der Waals surface area contributed by atoms with Crippen molar-refractivity contribution in [3.8, 4) is 5.75 Å². The molecule has 0 aliphatic carbocycles. The van der Waals surface area contributed by atoms with Gasteiger partial charge in [0.05, 0.1) is 12.0 Å². The van der Waals surface area contributed by atoms with Crippen molar-refractivity contribution in [2.24, 2.45) is 0 Å². The second-order valence-electron chi connectivity index (χ2n) is 4.44. The van der Waals surface area contributed by atoms with Crippen LogP contribution >= 0.6 is 0 Å². The van der Waals surface area contributed by atoms with Crippen molar-refractivity contribution in [2.45, 2.75) is 31.3 Å². The number of fused-ring (bicyclic) bond motifs is 1. The van der Waals surface area contributed by atoms with Gasteiger partial charge in [-0.05, 0) is 25.0 Å². The summed E-state index contributed by atoms with van der Waals surface area (Å²) < 4.78 is 5.68. The number of unbranched alkanes of at least 4 members (excludes halogenated alkanes) is 1. The Morgan fingerprint density at radius 3 is 2.78 bits per heavy atom. The standard InChI is InChI=1S/C14H14O4/c15-8-4-3-7-14(10-16)9-12(17)11-5-1-2-6-13(11)18-14/h1-2,5-6,8,10H,3-4,7,9H2. The third-order valence-electron chi connectivity index (χ3n) is 3.10. The van der Waals surface area contributed by atoms with Crippen LogP contribution in [0.3, 0.4) is 0 Å². The Bertz CT molecular complexity index is 480. The van der Waals surface area contributed by atoms with Gasteiger partial charge in [-0.15, -0.1) is 0 Å². The maximum Gasteiger partial charge on any atom is 0.171 e. The first-order valence-electron chi connectivity index (χ1n) is 5.92. The van der Waals surface area contributed by atoms with Crippen molar-refractivity contribution < 1.29 is 19.1 Å². The molecule has 94 valence electrons. The number of hydrogen-bond donors (Lipinski definition) is 0. The maximum absolute atomic E-state index is 12.0. The first kappa shape index (κ1) is 12.5. The number of carbonyl (C=O) groups is 3. The van der Waals surface area contributed by atoms with Crippen LogP contribution in [0.15, 0.2) is 24.3 Å². The average molecular weight is 246 g/mol. The molecule has 0 radical (unpaired) electrons. The zero-order chi connectivity index (χ0) is 13.0. The highest BCUT2D eigenvalue weighted by Crippen LogP contribution is 2.34. The Morgan fingerprint density at radius 2 is 2.06 bits per heavy atom. The monoisotopic (exact) mass is 246 g/mol. The van der Waals surface area contributed by atoms with Crippen LogP contribution in [0.4, 0.5) is 0 Å². The quantitative estimate of drug-likeness (QED) is 0.588. The van der Waals surface area contributed by atoms with E-state index in [2.05, 4.69) is 0 Å². The highest BCUT2D eigenvalue weighted by Gasteiger charge is 2.39. The molecule has 1 aliphatic rings. The number of carbonyl (C=O) groups excluding carboxylic acids is 3.